The van der Waals surface area contributed by atoms with Gasteiger partial charge in [-0.3, -0.25) is 9.59 Å². The van der Waals surface area contributed by atoms with Crippen LogP contribution in [-0.4, -0.2) is 68.3 Å². The Labute approximate surface area is 194 Å². The van der Waals surface area contributed by atoms with Gasteiger partial charge in [0.1, 0.15) is 5.82 Å². The van der Waals surface area contributed by atoms with E-state index in [4.69, 9.17) is 4.74 Å². The number of aromatic nitrogens is 1. The maximum atomic E-state index is 12.7. The van der Waals surface area contributed by atoms with E-state index in [0.29, 0.717) is 5.56 Å². The van der Waals surface area contributed by atoms with E-state index in [9.17, 15) is 18.0 Å². The third kappa shape index (κ3) is 6.37. The highest BCUT2D eigenvalue weighted by molar-refractivity contribution is 7.89. The molecule has 0 aliphatic carbocycles. The SMILES string of the molecule is CC(=O)c1ccc(S(=O)(=O)N(C)CC(=O)NCc2ccc(N3CC(C)OC(C)C3)nc2)cc1. The summed E-state index contributed by atoms with van der Waals surface area (Å²) in [7, 11) is -2.51. The number of carbonyl (C=O) groups excluding carboxylic acids is 2. The Hall–Kier alpha value is -2.82. The van der Waals surface area contributed by atoms with E-state index < -0.39 is 15.9 Å². The van der Waals surface area contributed by atoms with Gasteiger partial charge in [-0.05, 0) is 44.5 Å². The van der Waals surface area contributed by atoms with Crippen LogP contribution in [0.5, 0.6) is 0 Å². The average molecular weight is 475 g/mol. The van der Waals surface area contributed by atoms with Crippen LogP contribution in [0, 0.1) is 0 Å². The molecule has 178 valence electrons. The van der Waals surface area contributed by atoms with Crippen molar-refractivity contribution in [3.63, 3.8) is 0 Å². The van der Waals surface area contributed by atoms with Gasteiger partial charge in [0, 0.05) is 38.4 Å². The van der Waals surface area contributed by atoms with E-state index in [-0.39, 0.29) is 36.0 Å². The molecule has 1 fully saturated rings. The van der Waals surface area contributed by atoms with Crippen LogP contribution in [0.25, 0.3) is 0 Å². The maximum Gasteiger partial charge on any atom is 0.243 e. The van der Waals surface area contributed by atoms with Crippen molar-refractivity contribution in [1.82, 2.24) is 14.6 Å². The predicted octanol–water partition coefficient (Wildman–Crippen LogP) is 1.83. The Morgan fingerprint density at radius 1 is 1.12 bits per heavy atom. The molecular formula is C23H30N4O5S. The molecular weight excluding hydrogens is 444 g/mol. The van der Waals surface area contributed by atoms with Gasteiger partial charge in [-0.25, -0.2) is 13.4 Å². The molecule has 2 heterocycles. The van der Waals surface area contributed by atoms with Crippen LogP contribution in [-0.2, 0) is 26.1 Å². The molecule has 0 bridgehead atoms. The van der Waals surface area contributed by atoms with E-state index in [2.05, 4.69) is 15.2 Å². The van der Waals surface area contributed by atoms with Crippen molar-refractivity contribution in [3.8, 4) is 0 Å². The zero-order valence-electron chi connectivity index (χ0n) is 19.3. The van der Waals surface area contributed by atoms with Gasteiger partial charge < -0.3 is 15.0 Å². The third-order valence-corrected chi connectivity index (χ3v) is 7.20. The Morgan fingerprint density at radius 3 is 2.30 bits per heavy atom. The van der Waals surface area contributed by atoms with Gasteiger partial charge in [0.05, 0.1) is 23.6 Å². The summed E-state index contributed by atoms with van der Waals surface area (Å²) in [6, 6.07) is 9.45. The lowest BCUT2D eigenvalue weighted by atomic mass is 10.2. The van der Waals surface area contributed by atoms with Gasteiger partial charge in [-0.1, -0.05) is 18.2 Å². The van der Waals surface area contributed by atoms with Crippen molar-refractivity contribution < 1.29 is 22.7 Å². The molecule has 3 rings (SSSR count). The van der Waals surface area contributed by atoms with Crippen molar-refractivity contribution in [2.24, 2.45) is 0 Å². The highest BCUT2D eigenvalue weighted by atomic mass is 32.2. The van der Waals surface area contributed by atoms with Crippen LogP contribution in [0.3, 0.4) is 0 Å². The summed E-state index contributed by atoms with van der Waals surface area (Å²) in [5, 5.41) is 2.73. The number of pyridine rings is 1. The number of carbonyl (C=O) groups is 2. The van der Waals surface area contributed by atoms with Crippen LogP contribution in [0.2, 0.25) is 0 Å². The number of likely N-dealkylation sites (N-methyl/N-ethyl adjacent to an activating group) is 1. The summed E-state index contributed by atoms with van der Waals surface area (Å²) in [6.07, 6.45) is 1.97. The normalized spacial score (nSPS) is 18.9. The van der Waals surface area contributed by atoms with Crippen LogP contribution in [0.15, 0.2) is 47.5 Å². The summed E-state index contributed by atoms with van der Waals surface area (Å²) in [5.41, 5.74) is 1.23. The van der Waals surface area contributed by atoms with Gasteiger partial charge >= 0.3 is 0 Å². The number of nitrogens with one attached hydrogen (secondary N) is 1. The average Bonchev–Trinajstić information content (AvgIpc) is 2.77. The molecule has 0 radical (unpaired) electrons. The maximum absolute atomic E-state index is 12.7. The van der Waals surface area contributed by atoms with Crippen molar-refractivity contribution >= 4 is 27.5 Å². The quantitative estimate of drug-likeness (QED) is 0.582. The van der Waals surface area contributed by atoms with Crippen LogP contribution in [0.4, 0.5) is 5.82 Å². The fraction of sp³-hybridized carbons (Fsp3) is 0.435. The smallest absolute Gasteiger partial charge is 0.243 e. The lowest BCUT2D eigenvalue weighted by Crippen LogP contribution is -2.45. The second kappa shape index (κ2) is 10.4. The summed E-state index contributed by atoms with van der Waals surface area (Å²) < 4.78 is 32.1. The lowest BCUT2D eigenvalue weighted by Gasteiger charge is -2.36. The number of amides is 1. The monoisotopic (exact) mass is 474 g/mol. The van der Waals surface area contributed by atoms with E-state index in [1.54, 1.807) is 6.20 Å². The number of morpholine rings is 1. The van der Waals surface area contributed by atoms with Crippen molar-refractivity contribution in [2.75, 3.05) is 31.6 Å². The minimum absolute atomic E-state index is 0.0225. The molecule has 9 nitrogen and oxygen atoms in total. The first-order valence-corrected chi connectivity index (χ1v) is 12.2. The first kappa shape index (κ1) is 24.8. The number of rotatable bonds is 8. The Bertz CT molecular complexity index is 1080. The third-order valence-electron chi connectivity index (χ3n) is 5.38. The molecule has 0 saturated carbocycles. The van der Waals surface area contributed by atoms with E-state index >= 15 is 0 Å². The van der Waals surface area contributed by atoms with E-state index in [0.717, 1.165) is 28.8 Å². The number of ketones is 1. The van der Waals surface area contributed by atoms with Gasteiger partial charge in [-0.15, -0.1) is 0 Å². The van der Waals surface area contributed by atoms with Crippen LogP contribution in [0.1, 0.15) is 36.7 Å². The Kier molecular flexibility index (Phi) is 7.83. The summed E-state index contributed by atoms with van der Waals surface area (Å²) in [6.45, 7) is 6.93. The molecule has 33 heavy (non-hydrogen) atoms. The molecule has 1 saturated heterocycles. The zero-order chi connectivity index (χ0) is 24.2. The number of sulfonamides is 1. The molecule has 0 spiro atoms. The second-order valence-electron chi connectivity index (χ2n) is 8.31. The number of ether oxygens (including phenoxy) is 1. The van der Waals surface area contributed by atoms with Gasteiger partial charge in [-0.2, -0.15) is 4.31 Å². The van der Waals surface area contributed by atoms with Gasteiger partial charge in [0.15, 0.2) is 5.78 Å². The van der Waals surface area contributed by atoms with E-state index in [1.165, 1.54) is 38.2 Å². The Morgan fingerprint density at radius 2 is 1.76 bits per heavy atom. The molecule has 1 N–H and O–H groups in total. The van der Waals surface area contributed by atoms with Crippen LogP contribution < -0.4 is 10.2 Å². The minimum atomic E-state index is -3.85. The molecule has 2 aromatic rings. The molecule has 2 atom stereocenters. The highest BCUT2D eigenvalue weighted by Gasteiger charge is 2.24. The minimum Gasteiger partial charge on any atom is -0.372 e. The zero-order valence-corrected chi connectivity index (χ0v) is 20.1. The fourth-order valence-electron chi connectivity index (χ4n) is 3.66. The number of Topliss-reactive ketones (excluding diaryl/α,β-unsaturated/α-hetero) is 1. The van der Waals surface area contributed by atoms with Crippen LogP contribution >= 0.6 is 0 Å². The molecule has 1 aromatic carbocycles. The van der Waals surface area contributed by atoms with Gasteiger partial charge in [0.2, 0.25) is 15.9 Å². The molecule has 1 aliphatic rings. The molecule has 1 aliphatic heterocycles. The molecule has 10 heteroatoms. The number of hydrogen-bond donors (Lipinski definition) is 1. The second-order valence-corrected chi connectivity index (χ2v) is 10.4. The largest absolute Gasteiger partial charge is 0.372 e. The topological polar surface area (TPSA) is 109 Å². The van der Waals surface area contributed by atoms with Crippen molar-refractivity contribution in [1.29, 1.82) is 0 Å². The number of hydrogen-bond acceptors (Lipinski definition) is 7. The van der Waals surface area contributed by atoms with E-state index in [1.807, 2.05) is 26.0 Å². The predicted molar refractivity (Wildman–Crippen MR) is 125 cm³/mol. The first-order chi connectivity index (χ1) is 15.6. The summed E-state index contributed by atoms with van der Waals surface area (Å²) >= 11 is 0. The molecule has 2 unspecified atom stereocenters. The number of nitrogens with zero attached hydrogens (tertiary/aromatic N) is 3. The standard InChI is InChI=1S/C23H30N4O5S/c1-16-13-27(14-17(2)32-16)22-10-5-19(11-24-22)12-25-23(29)15-26(4)33(30,31)21-8-6-20(7-9-21)18(3)28/h5-11,16-17H,12-15H2,1-4H3,(H,25,29). The molecule has 1 aromatic heterocycles. The van der Waals surface area contributed by atoms with Gasteiger partial charge in [0.25, 0.3) is 0 Å². The van der Waals surface area contributed by atoms with Crippen molar-refractivity contribution in [2.45, 2.75) is 44.4 Å². The highest BCUT2D eigenvalue weighted by Crippen LogP contribution is 2.19. The Balaban J connectivity index is 1.53. The fourth-order valence-corrected chi connectivity index (χ4v) is 4.79. The molecule has 1 amide bonds. The first-order valence-electron chi connectivity index (χ1n) is 10.8. The summed E-state index contributed by atoms with van der Waals surface area (Å²) in [4.78, 5) is 30.4. The van der Waals surface area contributed by atoms with Crippen molar-refractivity contribution in [3.05, 3.63) is 53.7 Å². The number of anilines is 1. The lowest BCUT2D eigenvalue weighted by molar-refractivity contribution is -0.121. The number of benzene rings is 1. The summed E-state index contributed by atoms with van der Waals surface area (Å²) in [5.74, 6) is 0.276.